The highest BCUT2D eigenvalue weighted by Crippen LogP contribution is 2.43. The van der Waals surface area contributed by atoms with Gasteiger partial charge in [0.15, 0.2) is 5.82 Å². The van der Waals surface area contributed by atoms with E-state index in [2.05, 4.69) is 186 Å². The van der Waals surface area contributed by atoms with Gasteiger partial charge in [-0.1, -0.05) is 152 Å². The van der Waals surface area contributed by atoms with E-state index in [1.54, 1.807) is 11.3 Å². The molecule has 0 aliphatic heterocycles. The molecule has 9 rings (SSSR count). The Morgan fingerprint density at radius 1 is 0.360 bits per heavy atom. The maximum absolute atomic E-state index is 5.33. The Morgan fingerprint density at radius 2 is 0.800 bits per heavy atom. The minimum Gasteiger partial charge on any atom is -0.226 e. The lowest BCUT2D eigenvalue weighted by Crippen LogP contribution is -1.95. The van der Waals surface area contributed by atoms with Crippen LogP contribution in [-0.4, -0.2) is 9.97 Å². The number of hydrogen-bond donors (Lipinski definition) is 0. The van der Waals surface area contributed by atoms with Crippen molar-refractivity contribution in [3.63, 3.8) is 0 Å². The van der Waals surface area contributed by atoms with E-state index in [4.69, 9.17) is 9.97 Å². The molecule has 50 heavy (non-hydrogen) atoms. The molecule has 0 atom stereocenters. The topological polar surface area (TPSA) is 25.8 Å². The third-order valence-corrected chi connectivity index (χ3v) is 11.3. The van der Waals surface area contributed by atoms with E-state index in [-0.39, 0.29) is 0 Å². The number of benzene rings is 7. The van der Waals surface area contributed by atoms with Crippen molar-refractivity contribution in [2.45, 2.75) is 0 Å². The Bertz CT molecular complexity index is 2510. The van der Waals surface area contributed by atoms with Gasteiger partial charge in [0, 0.05) is 21.0 Å². The Kier molecular flexibility index (Phi) is 7.89. The highest BCUT2D eigenvalue weighted by Gasteiger charge is 2.19. The van der Waals surface area contributed by atoms with Crippen LogP contribution in [0.3, 0.4) is 0 Å². The normalized spacial score (nSPS) is 11.3. The van der Waals surface area contributed by atoms with E-state index in [1.807, 2.05) is 6.07 Å². The predicted molar refractivity (Wildman–Crippen MR) is 215 cm³/mol. The number of nitrogens with zero attached hydrogens (tertiary/aromatic N) is 2. The molecule has 0 radical (unpaired) electrons. The molecule has 0 saturated heterocycles. The van der Waals surface area contributed by atoms with Crippen molar-refractivity contribution >= 4 is 47.6 Å². The summed E-state index contributed by atoms with van der Waals surface area (Å²) in [4.78, 5) is 10.6. The van der Waals surface area contributed by atoms with Crippen LogP contribution in [0.2, 0.25) is 0 Å². The Morgan fingerprint density at radius 3 is 1.32 bits per heavy atom. The van der Waals surface area contributed by atoms with Crippen LogP contribution in [0.25, 0.3) is 87.5 Å². The number of fused-ring (bicyclic) bond motifs is 3. The van der Waals surface area contributed by atoms with E-state index >= 15 is 0 Å². The smallest absolute Gasteiger partial charge is 0.160 e. The molecule has 0 fully saturated rings. The molecule has 9 aromatic rings. The minimum absolute atomic E-state index is 0.709. The molecule has 236 valence electrons. The Labute approximate surface area is 303 Å². The number of thiophene rings is 1. The Hall–Kier alpha value is -5.68. The van der Waals surface area contributed by atoms with Crippen molar-refractivity contribution in [1.82, 2.24) is 9.97 Å². The van der Waals surface area contributed by atoms with Crippen LogP contribution in [0.1, 0.15) is 0 Å². The van der Waals surface area contributed by atoms with Crippen molar-refractivity contribution in [2.75, 3.05) is 0 Å². The van der Waals surface area contributed by atoms with Crippen molar-refractivity contribution in [1.29, 1.82) is 0 Å². The van der Waals surface area contributed by atoms with Gasteiger partial charge < -0.3 is 0 Å². The van der Waals surface area contributed by atoms with Crippen LogP contribution in [0, 0.1) is 0 Å². The zero-order valence-corrected chi connectivity index (χ0v) is 29.3. The first kappa shape index (κ1) is 30.4. The average Bonchev–Trinajstić information content (AvgIpc) is 3.58. The van der Waals surface area contributed by atoms with Crippen LogP contribution >= 0.6 is 27.3 Å². The van der Waals surface area contributed by atoms with Crippen LogP contribution in [-0.2, 0) is 0 Å². The molecule has 0 unspecified atom stereocenters. The molecule has 0 aliphatic rings. The fraction of sp³-hybridized carbons (Fsp3) is 0. The lowest BCUT2D eigenvalue weighted by atomic mass is 9.93. The lowest BCUT2D eigenvalue weighted by Gasteiger charge is -2.13. The highest BCUT2D eigenvalue weighted by molar-refractivity contribution is 9.10. The van der Waals surface area contributed by atoms with Crippen molar-refractivity contribution in [3.05, 3.63) is 180 Å². The van der Waals surface area contributed by atoms with Crippen LogP contribution < -0.4 is 0 Å². The average molecular weight is 722 g/mol. The summed E-state index contributed by atoms with van der Waals surface area (Å²) in [5.74, 6) is 0.709. The van der Waals surface area contributed by atoms with E-state index in [0.717, 1.165) is 59.2 Å². The zero-order chi connectivity index (χ0) is 33.4. The zero-order valence-electron chi connectivity index (χ0n) is 26.9. The second-order valence-corrected chi connectivity index (χ2v) is 14.2. The number of halogens is 1. The van der Waals surface area contributed by atoms with Crippen molar-refractivity contribution < 1.29 is 0 Å². The molecule has 2 heterocycles. The van der Waals surface area contributed by atoms with Gasteiger partial charge in [-0.2, -0.15) is 0 Å². The van der Waals surface area contributed by atoms with Gasteiger partial charge in [0.05, 0.1) is 20.6 Å². The van der Waals surface area contributed by atoms with Gasteiger partial charge in [-0.05, 0) is 84.7 Å². The summed E-state index contributed by atoms with van der Waals surface area (Å²) in [5.41, 5.74) is 13.3. The largest absolute Gasteiger partial charge is 0.226 e. The summed E-state index contributed by atoms with van der Waals surface area (Å²) in [6.45, 7) is 0. The maximum Gasteiger partial charge on any atom is 0.160 e. The molecule has 0 amide bonds. The SMILES string of the molecule is Brc1cccc2c1sc1c(-c3ccccc3)nc(-c3cc(-c4ccc(-c5ccccc5)cc4)cc(-c4ccc(-c5ccccc5)cc4)c3)nc12. The van der Waals surface area contributed by atoms with Gasteiger partial charge >= 0.3 is 0 Å². The third kappa shape index (κ3) is 5.73. The fourth-order valence-corrected chi connectivity index (χ4v) is 8.38. The van der Waals surface area contributed by atoms with Crippen LogP contribution in [0.4, 0.5) is 0 Å². The summed E-state index contributed by atoms with van der Waals surface area (Å²) < 4.78 is 3.34. The van der Waals surface area contributed by atoms with Crippen LogP contribution in [0.5, 0.6) is 0 Å². The van der Waals surface area contributed by atoms with E-state index in [0.29, 0.717) is 5.82 Å². The molecule has 0 N–H and O–H groups in total. The summed E-state index contributed by atoms with van der Waals surface area (Å²) in [6.07, 6.45) is 0. The first-order chi connectivity index (χ1) is 24.7. The minimum atomic E-state index is 0.709. The van der Waals surface area contributed by atoms with Gasteiger partial charge in [-0.25, -0.2) is 9.97 Å². The van der Waals surface area contributed by atoms with Crippen molar-refractivity contribution in [3.8, 4) is 67.2 Å². The van der Waals surface area contributed by atoms with Gasteiger partial charge in [-0.15, -0.1) is 11.3 Å². The molecular formula is C46H29BrN2S. The Balaban J connectivity index is 1.24. The van der Waals surface area contributed by atoms with Gasteiger partial charge in [0.2, 0.25) is 0 Å². The van der Waals surface area contributed by atoms with Gasteiger partial charge in [-0.3, -0.25) is 0 Å². The quantitative estimate of drug-likeness (QED) is 0.171. The first-order valence-corrected chi connectivity index (χ1v) is 18.2. The van der Waals surface area contributed by atoms with Gasteiger partial charge in [0.1, 0.15) is 0 Å². The van der Waals surface area contributed by atoms with Crippen molar-refractivity contribution in [2.24, 2.45) is 0 Å². The second kappa shape index (κ2) is 13.0. The molecule has 0 bridgehead atoms. The molecular weight excluding hydrogens is 692 g/mol. The number of hydrogen-bond acceptors (Lipinski definition) is 3. The molecule has 2 nitrogen and oxygen atoms in total. The summed E-state index contributed by atoms with van der Waals surface area (Å²) >= 11 is 5.53. The second-order valence-electron chi connectivity index (χ2n) is 12.3. The third-order valence-electron chi connectivity index (χ3n) is 9.18. The molecule has 2 aromatic heterocycles. The van der Waals surface area contributed by atoms with Gasteiger partial charge in [0.25, 0.3) is 0 Å². The van der Waals surface area contributed by atoms with E-state index < -0.39 is 0 Å². The van der Waals surface area contributed by atoms with E-state index in [9.17, 15) is 0 Å². The number of aromatic nitrogens is 2. The maximum atomic E-state index is 5.33. The monoisotopic (exact) mass is 720 g/mol. The molecule has 7 aromatic carbocycles. The molecule has 4 heteroatoms. The number of rotatable bonds is 6. The summed E-state index contributed by atoms with van der Waals surface area (Å²) in [6, 6.07) is 62.3. The van der Waals surface area contributed by atoms with E-state index in [1.165, 1.54) is 27.0 Å². The highest BCUT2D eigenvalue weighted by atomic mass is 79.9. The molecule has 0 spiro atoms. The predicted octanol–water partition coefficient (Wildman–Crippen LogP) is 13.6. The van der Waals surface area contributed by atoms with Crippen LogP contribution in [0.15, 0.2) is 180 Å². The molecule has 0 aliphatic carbocycles. The summed E-state index contributed by atoms with van der Waals surface area (Å²) in [7, 11) is 0. The first-order valence-electron chi connectivity index (χ1n) is 16.6. The fourth-order valence-electron chi connectivity index (χ4n) is 6.61. The summed E-state index contributed by atoms with van der Waals surface area (Å²) in [5, 5.41) is 1.13. The standard InChI is InChI=1S/C46H29BrN2S/c47-41-18-10-17-40-43-45(50-44(40)41)42(36-15-8-3-9-16-36)48-46(49-43)39-28-37(34-23-19-32(20-24-34)30-11-4-1-5-12-30)27-38(29-39)35-25-21-33(22-26-35)31-13-6-2-7-14-31/h1-29H. The molecule has 0 saturated carbocycles. The lowest BCUT2D eigenvalue weighted by molar-refractivity contribution is 1.24.